The second kappa shape index (κ2) is 7.64. The van der Waals surface area contributed by atoms with Gasteiger partial charge in [0.05, 0.1) is 6.61 Å². The summed E-state index contributed by atoms with van der Waals surface area (Å²) in [6.07, 6.45) is 2.55. The minimum Gasteiger partial charge on any atom is -0.465 e. The van der Waals surface area contributed by atoms with E-state index < -0.39 is 25.9 Å². The summed E-state index contributed by atoms with van der Waals surface area (Å²) in [6.45, 7) is 0.625. The Morgan fingerprint density at radius 1 is 1.07 bits per heavy atom. The summed E-state index contributed by atoms with van der Waals surface area (Å²) in [5, 5.41) is 1.44. The van der Waals surface area contributed by atoms with Gasteiger partial charge in [0.2, 0.25) is 0 Å². The first-order valence-corrected chi connectivity index (χ1v) is 12.6. The van der Waals surface area contributed by atoms with Crippen LogP contribution in [-0.2, 0) is 18.5 Å². The van der Waals surface area contributed by atoms with E-state index in [0.717, 1.165) is 18.2 Å². The molecule has 0 N–H and O–H groups in total. The maximum atomic E-state index is 13.0. The number of hydrogen-bond donors (Lipinski definition) is 0. The molecule has 0 amide bonds. The largest absolute Gasteiger partial charge is 0.523 e. The first kappa shape index (κ1) is 20.8. The minimum atomic E-state index is -5.70. The second-order valence-electron chi connectivity index (χ2n) is 7.09. The normalized spacial score (nSPS) is 23.3. The van der Waals surface area contributed by atoms with E-state index in [4.69, 9.17) is 13.1 Å². The van der Waals surface area contributed by atoms with E-state index in [1.54, 1.807) is 24.3 Å². The maximum Gasteiger partial charge on any atom is 0.523 e. The van der Waals surface area contributed by atoms with Gasteiger partial charge in [-0.3, -0.25) is 0 Å². The van der Waals surface area contributed by atoms with Crippen molar-refractivity contribution >= 4 is 31.2 Å². The highest BCUT2D eigenvalue weighted by Crippen LogP contribution is 2.65. The highest BCUT2D eigenvalue weighted by molar-refractivity contribution is 8.33. The quantitative estimate of drug-likeness (QED) is 0.594. The molecular formula is C19H21F3O5S2. The molecule has 160 valence electrons. The van der Waals surface area contributed by atoms with E-state index in [9.17, 15) is 21.6 Å². The average Bonchev–Trinajstić information content (AvgIpc) is 3.32. The van der Waals surface area contributed by atoms with Crippen molar-refractivity contribution in [3.05, 3.63) is 36.4 Å². The third kappa shape index (κ3) is 4.08. The predicted octanol–water partition coefficient (Wildman–Crippen LogP) is 5.09. The third-order valence-electron chi connectivity index (χ3n) is 5.07. The highest BCUT2D eigenvalue weighted by atomic mass is 32.3. The molecule has 2 aliphatic rings. The number of benzene rings is 2. The Kier molecular flexibility index (Phi) is 5.47. The Morgan fingerprint density at radius 2 is 1.83 bits per heavy atom. The summed E-state index contributed by atoms with van der Waals surface area (Å²) in [7, 11) is -8.35. The molecule has 0 saturated carbocycles. The highest BCUT2D eigenvalue weighted by Gasteiger charge is 2.52. The first-order chi connectivity index (χ1) is 13.7. The van der Waals surface area contributed by atoms with Gasteiger partial charge >= 0.3 is 15.6 Å². The van der Waals surface area contributed by atoms with Crippen LogP contribution in [0.5, 0.6) is 5.75 Å². The van der Waals surface area contributed by atoms with Crippen molar-refractivity contribution in [3.63, 3.8) is 0 Å². The van der Waals surface area contributed by atoms with Gasteiger partial charge in [0.1, 0.15) is 5.75 Å². The van der Waals surface area contributed by atoms with E-state index in [1.165, 1.54) is 0 Å². The molecule has 1 atom stereocenters. The number of fused-ring (bicyclic) bond motifs is 1. The van der Waals surface area contributed by atoms with Crippen LogP contribution in [-0.4, -0.2) is 38.3 Å². The lowest BCUT2D eigenvalue weighted by Gasteiger charge is -2.35. The molecule has 2 fully saturated rings. The van der Waals surface area contributed by atoms with Crippen molar-refractivity contribution in [1.29, 1.82) is 0 Å². The van der Waals surface area contributed by atoms with Crippen molar-refractivity contribution in [2.24, 2.45) is 0 Å². The third-order valence-corrected chi connectivity index (χ3v) is 10.5. The second-order valence-corrected chi connectivity index (χ2v) is 11.9. The summed E-state index contributed by atoms with van der Waals surface area (Å²) in [5.41, 5.74) is -5.45. The molecule has 10 heteroatoms. The zero-order valence-electron chi connectivity index (χ0n) is 15.5. The van der Waals surface area contributed by atoms with Crippen molar-refractivity contribution in [3.8, 4) is 5.75 Å². The molecule has 0 aliphatic carbocycles. The van der Waals surface area contributed by atoms with Crippen LogP contribution in [0.3, 0.4) is 0 Å². The summed E-state index contributed by atoms with van der Waals surface area (Å²) in [6, 6.07) is 10.5. The molecule has 2 aliphatic heterocycles. The molecular weight excluding hydrogens is 429 g/mol. The number of alkyl halides is 3. The van der Waals surface area contributed by atoms with Gasteiger partial charge in [0.25, 0.3) is 0 Å². The van der Waals surface area contributed by atoms with Crippen molar-refractivity contribution in [2.75, 3.05) is 18.1 Å². The molecule has 0 aromatic heterocycles. The van der Waals surface area contributed by atoms with Crippen molar-refractivity contribution < 1.29 is 34.7 Å². The van der Waals surface area contributed by atoms with Gasteiger partial charge in [0.15, 0.2) is 6.29 Å². The van der Waals surface area contributed by atoms with E-state index in [2.05, 4.69) is 0 Å². The van der Waals surface area contributed by atoms with Crippen LogP contribution in [0.2, 0.25) is 0 Å². The van der Waals surface area contributed by atoms with Crippen LogP contribution in [0.1, 0.15) is 25.7 Å². The average molecular weight is 451 g/mol. The number of hydrogen-bond acceptors (Lipinski definition) is 5. The molecule has 0 radical (unpaired) electrons. The van der Waals surface area contributed by atoms with Gasteiger partial charge in [-0.05, 0) is 48.2 Å². The zero-order valence-corrected chi connectivity index (χ0v) is 17.1. The molecule has 1 unspecified atom stereocenters. The molecule has 29 heavy (non-hydrogen) atoms. The van der Waals surface area contributed by atoms with E-state index in [1.807, 2.05) is 12.1 Å². The van der Waals surface area contributed by atoms with Crippen LogP contribution in [0, 0.1) is 0 Å². The standard InChI is InChI=1S/C19H21F3O5S2/c20-19(21,22)29(23,24)27-28(11-1-2-12-28)17-6-3-5-14-8-9-15(13-16(14)17)26-18-7-4-10-25-18/h3,5-6,8-9,13,18H,1-2,4,7,10-12H2. The van der Waals surface area contributed by atoms with E-state index in [-0.39, 0.29) is 17.8 Å². The minimum absolute atomic E-state index is 0.276. The van der Waals surface area contributed by atoms with E-state index >= 15 is 0 Å². The summed E-state index contributed by atoms with van der Waals surface area (Å²) in [5.74, 6) is 1.08. The van der Waals surface area contributed by atoms with Gasteiger partial charge in [-0.1, -0.05) is 28.5 Å². The zero-order chi connectivity index (χ0) is 20.7. The molecule has 4 rings (SSSR count). The Labute approximate surface area is 168 Å². The Morgan fingerprint density at radius 3 is 2.48 bits per heavy atom. The fraction of sp³-hybridized carbons (Fsp3) is 0.474. The Balaban J connectivity index is 1.77. The number of halogens is 3. The SMILES string of the molecule is O=S(=O)(OS1(c2cccc3ccc(OC4CCCO4)cc23)CCCC1)C(F)(F)F. The molecule has 5 nitrogen and oxygen atoms in total. The van der Waals surface area contributed by atoms with Crippen LogP contribution < -0.4 is 4.74 Å². The summed E-state index contributed by atoms with van der Waals surface area (Å²) >= 11 is 0. The molecule has 2 aromatic carbocycles. The molecule has 2 aromatic rings. The fourth-order valence-corrected chi connectivity index (χ4v) is 9.13. The van der Waals surface area contributed by atoms with Crippen LogP contribution in [0.15, 0.2) is 41.3 Å². The summed E-state index contributed by atoms with van der Waals surface area (Å²) < 4.78 is 79.1. The number of ether oxygens (including phenoxy) is 2. The lowest BCUT2D eigenvalue weighted by molar-refractivity contribution is -0.0496. The van der Waals surface area contributed by atoms with Crippen molar-refractivity contribution in [1.82, 2.24) is 0 Å². The lowest BCUT2D eigenvalue weighted by Crippen LogP contribution is -2.27. The molecule has 2 saturated heterocycles. The van der Waals surface area contributed by atoms with Crippen LogP contribution >= 0.6 is 10.3 Å². The van der Waals surface area contributed by atoms with Crippen LogP contribution in [0.4, 0.5) is 13.2 Å². The smallest absolute Gasteiger partial charge is 0.465 e. The molecule has 0 bridgehead atoms. The summed E-state index contributed by atoms with van der Waals surface area (Å²) in [4.78, 5) is 0.512. The van der Waals surface area contributed by atoms with Gasteiger partial charge < -0.3 is 9.47 Å². The van der Waals surface area contributed by atoms with Crippen molar-refractivity contribution in [2.45, 2.75) is 42.4 Å². The molecule has 2 heterocycles. The lowest BCUT2D eigenvalue weighted by atomic mass is 10.1. The van der Waals surface area contributed by atoms with E-state index in [0.29, 0.717) is 35.5 Å². The van der Waals surface area contributed by atoms with Gasteiger partial charge in [-0.25, -0.2) is 3.63 Å². The predicted molar refractivity (Wildman–Crippen MR) is 104 cm³/mol. The van der Waals surface area contributed by atoms with Gasteiger partial charge in [-0.2, -0.15) is 21.6 Å². The topological polar surface area (TPSA) is 61.8 Å². The maximum absolute atomic E-state index is 13.0. The first-order valence-electron chi connectivity index (χ1n) is 9.32. The van der Waals surface area contributed by atoms with Gasteiger partial charge in [-0.15, -0.1) is 0 Å². The Bertz CT molecular complexity index is 995. The fourth-order valence-electron chi connectivity index (χ4n) is 3.72. The van der Waals surface area contributed by atoms with Crippen LogP contribution in [0.25, 0.3) is 10.8 Å². The monoisotopic (exact) mass is 450 g/mol. The number of rotatable bonds is 5. The molecule has 0 spiro atoms. The van der Waals surface area contributed by atoms with Gasteiger partial charge in [0, 0.05) is 22.8 Å². The Hall–Kier alpha value is -1.49.